The second-order valence-corrected chi connectivity index (χ2v) is 7.35. The Hall–Kier alpha value is -0.610. The average Bonchev–Trinajstić information content (AvgIpc) is 3.20. The van der Waals surface area contributed by atoms with Crippen molar-refractivity contribution in [2.45, 2.75) is 63.5 Å². The van der Waals surface area contributed by atoms with Crippen LogP contribution in [0.5, 0.6) is 0 Å². The molecule has 4 heteroatoms. The van der Waals surface area contributed by atoms with Crippen LogP contribution in [0, 0.1) is 17.8 Å². The number of fused-ring (bicyclic) bond motifs is 2. The molecule has 2 bridgehead atoms. The van der Waals surface area contributed by atoms with Crippen LogP contribution in [0.25, 0.3) is 0 Å². The van der Waals surface area contributed by atoms with E-state index >= 15 is 0 Å². The molecule has 0 aromatic heterocycles. The number of carbonyl (C=O) groups excluding carboxylic acids is 1. The average molecular weight is 294 g/mol. The number of hydrogen-bond donors (Lipinski definition) is 1. The third kappa shape index (κ3) is 3.26. The fourth-order valence-electron chi connectivity index (χ4n) is 5.00. The number of methoxy groups -OCH3 is 1. The topological polar surface area (TPSA) is 55.6 Å². The molecule has 0 aromatic rings. The fourth-order valence-corrected chi connectivity index (χ4v) is 5.00. The number of carbonyl (C=O) groups is 1. The van der Waals surface area contributed by atoms with Gasteiger partial charge in [-0.3, -0.25) is 4.79 Å². The molecule has 1 heterocycles. The third-order valence-corrected chi connectivity index (χ3v) is 6.16. The van der Waals surface area contributed by atoms with Gasteiger partial charge in [-0.25, -0.2) is 0 Å². The van der Waals surface area contributed by atoms with Gasteiger partial charge in [0.25, 0.3) is 0 Å². The lowest BCUT2D eigenvalue weighted by Crippen LogP contribution is -2.40. The molecule has 2 saturated carbocycles. The molecule has 5 unspecified atom stereocenters. The summed E-state index contributed by atoms with van der Waals surface area (Å²) in [6, 6.07) is 0.483. The zero-order valence-electron chi connectivity index (χ0n) is 13.3. The van der Waals surface area contributed by atoms with Crippen molar-refractivity contribution in [1.82, 2.24) is 4.90 Å². The summed E-state index contributed by atoms with van der Waals surface area (Å²) < 4.78 is 5.27. The predicted molar refractivity (Wildman–Crippen MR) is 82.8 cm³/mol. The van der Waals surface area contributed by atoms with E-state index in [9.17, 15) is 4.79 Å². The van der Waals surface area contributed by atoms with Gasteiger partial charge in [-0.05, 0) is 56.3 Å². The summed E-state index contributed by atoms with van der Waals surface area (Å²) in [4.78, 5) is 14.6. The molecule has 5 atom stereocenters. The molecule has 1 saturated heterocycles. The van der Waals surface area contributed by atoms with E-state index in [1.165, 1.54) is 38.5 Å². The summed E-state index contributed by atoms with van der Waals surface area (Å²) in [5.74, 6) is 3.09. The second kappa shape index (κ2) is 6.66. The normalized spacial score (nSPS) is 36.4. The van der Waals surface area contributed by atoms with Gasteiger partial charge in [0, 0.05) is 26.2 Å². The minimum atomic E-state index is -0.124. The van der Waals surface area contributed by atoms with Crippen molar-refractivity contribution in [3.05, 3.63) is 0 Å². The molecule has 2 aliphatic carbocycles. The second-order valence-electron chi connectivity index (χ2n) is 7.35. The summed E-state index contributed by atoms with van der Waals surface area (Å²) in [6.07, 6.45) is 9.71. The Kier molecular flexibility index (Phi) is 4.85. The summed E-state index contributed by atoms with van der Waals surface area (Å²) in [7, 11) is 1.64. The maximum absolute atomic E-state index is 12.5. The van der Waals surface area contributed by atoms with Gasteiger partial charge in [-0.15, -0.1) is 0 Å². The summed E-state index contributed by atoms with van der Waals surface area (Å²) in [5, 5.41) is 0. The van der Waals surface area contributed by atoms with Crippen LogP contribution in [0.2, 0.25) is 0 Å². The van der Waals surface area contributed by atoms with E-state index in [4.69, 9.17) is 10.5 Å². The van der Waals surface area contributed by atoms with E-state index in [2.05, 4.69) is 4.90 Å². The SMILES string of the molecule is COC(CN)CC(=O)N1CCCC1CC1CC2CCC1C2. The molecule has 3 rings (SSSR count). The number of likely N-dealkylation sites (tertiary alicyclic amines) is 1. The van der Waals surface area contributed by atoms with Gasteiger partial charge in [-0.1, -0.05) is 6.42 Å². The molecule has 3 aliphatic rings. The van der Waals surface area contributed by atoms with E-state index in [0.717, 1.165) is 30.7 Å². The van der Waals surface area contributed by atoms with Crippen LogP contribution < -0.4 is 5.73 Å². The molecule has 2 N–H and O–H groups in total. The van der Waals surface area contributed by atoms with Crippen molar-refractivity contribution < 1.29 is 9.53 Å². The molecule has 1 amide bonds. The standard InChI is InChI=1S/C17H30N2O2/c1-21-16(11-18)10-17(20)19-6-2-3-15(19)9-14-8-12-4-5-13(14)7-12/h12-16H,2-11,18H2,1H3. The minimum Gasteiger partial charge on any atom is -0.380 e. The molecule has 4 nitrogen and oxygen atoms in total. The Morgan fingerprint density at radius 2 is 2.19 bits per heavy atom. The van der Waals surface area contributed by atoms with E-state index in [0.29, 0.717) is 19.0 Å². The largest absolute Gasteiger partial charge is 0.380 e. The quantitative estimate of drug-likeness (QED) is 0.817. The first-order valence-corrected chi connectivity index (χ1v) is 8.73. The van der Waals surface area contributed by atoms with Crippen molar-refractivity contribution in [3.8, 4) is 0 Å². The predicted octanol–water partition coefficient (Wildman–Crippen LogP) is 2.17. The minimum absolute atomic E-state index is 0.124. The highest BCUT2D eigenvalue weighted by molar-refractivity contribution is 5.77. The number of amides is 1. The summed E-state index contributed by atoms with van der Waals surface area (Å²) in [5.41, 5.74) is 5.64. The van der Waals surface area contributed by atoms with Gasteiger partial charge >= 0.3 is 0 Å². The summed E-state index contributed by atoms with van der Waals surface area (Å²) in [6.45, 7) is 1.36. The first-order valence-electron chi connectivity index (χ1n) is 8.73. The molecular weight excluding hydrogens is 264 g/mol. The highest BCUT2D eigenvalue weighted by Gasteiger charge is 2.42. The van der Waals surface area contributed by atoms with E-state index < -0.39 is 0 Å². The van der Waals surface area contributed by atoms with Crippen molar-refractivity contribution in [3.63, 3.8) is 0 Å². The molecule has 0 spiro atoms. The smallest absolute Gasteiger partial charge is 0.225 e. The van der Waals surface area contributed by atoms with E-state index in [1.807, 2.05) is 0 Å². The van der Waals surface area contributed by atoms with Gasteiger partial charge < -0.3 is 15.4 Å². The van der Waals surface area contributed by atoms with Crippen LogP contribution in [-0.2, 0) is 9.53 Å². The van der Waals surface area contributed by atoms with Gasteiger partial charge in [0.05, 0.1) is 12.5 Å². The Morgan fingerprint density at radius 3 is 2.81 bits per heavy atom. The Morgan fingerprint density at radius 1 is 1.33 bits per heavy atom. The van der Waals surface area contributed by atoms with Crippen molar-refractivity contribution in [2.75, 3.05) is 20.2 Å². The molecule has 21 heavy (non-hydrogen) atoms. The van der Waals surface area contributed by atoms with Gasteiger partial charge in [0.15, 0.2) is 0 Å². The first-order chi connectivity index (χ1) is 10.2. The third-order valence-electron chi connectivity index (χ3n) is 6.16. The van der Waals surface area contributed by atoms with E-state index in [-0.39, 0.29) is 12.0 Å². The molecule has 0 aromatic carbocycles. The molecule has 120 valence electrons. The van der Waals surface area contributed by atoms with Crippen LogP contribution >= 0.6 is 0 Å². The van der Waals surface area contributed by atoms with Crippen LogP contribution in [0.4, 0.5) is 0 Å². The number of nitrogens with two attached hydrogens (primary N) is 1. The monoisotopic (exact) mass is 294 g/mol. The van der Waals surface area contributed by atoms with E-state index in [1.54, 1.807) is 7.11 Å². The molecular formula is C17H30N2O2. The Bertz CT molecular complexity index is 370. The molecule has 0 radical (unpaired) electrons. The van der Waals surface area contributed by atoms with Crippen LogP contribution in [0.3, 0.4) is 0 Å². The lowest BCUT2D eigenvalue weighted by Gasteiger charge is -2.31. The van der Waals surface area contributed by atoms with Crippen LogP contribution in [0.15, 0.2) is 0 Å². The zero-order chi connectivity index (χ0) is 14.8. The maximum atomic E-state index is 12.5. The highest BCUT2D eigenvalue weighted by atomic mass is 16.5. The number of nitrogens with zero attached hydrogens (tertiary/aromatic N) is 1. The highest BCUT2D eigenvalue weighted by Crippen LogP contribution is 2.50. The summed E-state index contributed by atoms with van der Waals surface area (Å²) >= 11 is 0. The van der Waals surface area contributed by atoms with Gasteiger partial charge in [0.1, 0.15) is 0 Å². The Balaban J connectivity index is 1.54. The van der Waals surface area contributed by atoms with Crippen molar-refractivity contribution in [1.29, 1.82) is 0 Å². The lowest BCUT2D eigenvalue weighted by atomic mass is 9.83. The van der Waals surface area contributed by atoms with Crippen LogP contribution in [0.1, 0.15) is 51.4 Å². The first kappa shape index (κ1) is 15.3. The Labute approximate surface area is 128 Å². The number of ether oxygens (including phenoxy) is 1. The fraction of sp³-hybridized carbons (Fsp3) is 0.941. The van der Waals surface area contributed by atoms with Crippen molar-refractivity contribution in [2.24, 2.45) is 23.5 Å². The van der Waals surface area contributed by atoms with Crippen LogP contribution in [-0.4, -0.2) is 43.2 Å². The number of hydrogen-bond acceptors (Lipinski definition) is 3. The van der Waals surface area contributed by atoms with Gasteiger partial charge in [0.2, 0.25) is 5.91 Å². The van der Waals surface area contributed by atoms with Crippen molar-refractivity contribution >= 4 is 5.91 Å². The van der Waals surface area contributed by atoms with Gasteiger partial charge in [-0.2, -0.15) is 0 Å². The molecule has 3 fully saturated rings. The maximum Gasteiger partial charge on any atom is 0.225 e. The number of rotatable bonds is 6. The molecule has 1 aliphatic heterocycles. The zero-order valence-corrected chi connectivity index (χ0v) is 13.3. The lowest BCUT2D eigenvalue weighted by molar-refractivity contribution is -0.134.